The molecule has 0 aromatic carbocycles. The summed E-state index contributed by atoms with van der Waals surface area (Å²) >= 11 is 0. The second-order valence-corrected chi connectivity index (χ2v) is 4.34. The minimum atomic E-state index is 0.0317. The largest absolute Gasteiger partial charge is 0.356 e. The molecule has 2 amide bonds. The third kappa shape index (κ3) is 9.49. The molecule has 0 rings (SSSR count). The summed E-state index contributed by atoms with van der Waals surface area (Å²) in [7, 11) is 0. The van der Waals surface area contributed by atoms with Crippen molar-refractivity contribution in [1.29, 1.82) is 0 Å². The van der Waals surface area contributed by atoms with Crippen LogP contribution in [-0.4, -0.2) is 24.9 Å². The van der Waals surface area contributed by atoms with Gasteiger partial charge in [0.1, 0.15) is 0 Å². The zero-order valence-electron chi connectivity index (χ0n) is 10.6. The zero-order valence-corrected chi connectivity index (χ0v) is 10.6. The molecule has 0 aliphatic heterocycles. The molecule has 0 saturated carbocycles. The lowest BCUT2D eigenvalue weighted by molar-refractivity contribution is -0.124. The highest BCUT2D eigenvalue weighted by molar-refractivity contribution is 5.77. The van der Waals surface area contributed by atoms with Gasteiger partial charge < -0.3 is 10.6 Å². The van der Waals surface area contributed by atoms with E-state index in [2.05, 4.69) is 10.6 Å². The first kappa shape index (κ1) is 14.9. The van der Waals surface area contributed by atoms with Gasteiger partial charge >= 0.3 is 0 Å². The molecule has 0 bridgehead atoms. The first-order valence-electron chi connectivity index (χ1n) is 6.06. The quantitative estimate of drug-likeness (QED) is 0.618. The highest BCUT2D eigenvalue weighted by Gasteiger charge is 2.04. The molecule has 0 aliphatic carbocycles. The third-order valence-electron chi connectivity index (χ3n) is 2.30. The van der Waals surface area contributed by atoms with E-state index in [-0.39, 0.29) is 17.7 Å². The Morgan fingerprint density at radius 2 is 1.44 bits per heavy atom. The molecule has 0 unspecified atom stereocenters. The molecular weight excluding hydrogens is 204 g/mol. The Hall–Kier alpha value is -1.06. The Morgan fingerprint density at radius 3 is 1.88 bits per heavy atom. The Kier molecular flexibility index (Phi) is 8.58. The second kappa shape index (κ2) is 9.19. The maximum Gasteiger partial charge on any atom is 0.222 e. The van der Waals surface area contributed by atoms with Crippen LogP contribution in [0.1, 0.15) is 46.5 Å². The molecular formula is C12H24N2O2. The molecule has 0 saturated heterocycles. The lowest BCUT2D eigenvalue weighted by atomic mass is 10.1. The third-order valence-corrected chi connectivity index (χ3v) is 2.30. The molecule has 4 heteroatoms. The van der Waals surface area contributed by atoms with Crippen LogP contribution in [0.3, 0.4) is 0 Å². The minimum Gasteiger partial charge on any atom is -0.356 e. The molecule has 0 radical (unpaired) electrons. The van der Waals surface area contributed by atoms with Gasteiger partial charge in [-0.25, -0.2) is 0 Å². The fraction of sp³-hybridized carbons (Fsp3) is 0.833. The van der Waals surface area contributed by atoms with E-state index in [4.69, 9.17) is 0 Å². The SMILES string of the molecule is CC(=O)NCCCCCCNC(=O)C(C)C. The van der Waals surface area contributed by atoms with Gasteiger partial charge in [0.15, 0.2) is 0 Å². The molecule has 0 aromatic heterocycles. The zero-order chi connectivity index (χ0) is 12.4. The smallest absolute Gasteiger partial charge is 0.222 e. The van der Waals surface area contributed by atoms with E-state index >= 15 is 0 Å². The summed E-state index contributed by atoms with van der Waals surface area (Å²) in [4.78, 5) is 21.8. The first-order valence-corrected chi connectivity index (χ1v) is 6.06. The fourth-order valence-electron chi connectivity index (χ4n) is 1.28. The summed E-state index contributed by atoms with van der Waals surface area (Å²) in [5, 5.41) is 5.64. The summed E-state index contributed by atoms with van der Waals surface area (Å²) in [6, 6.07) is 0. The Balaban J connectivity index is 3.16. The van der Waals surface area contributed by atoms with Gasteiger partial charge in [0, 0.05) is 25.9 Å². The highest BCUT2D eigenvalue weighted by Crippen LogP contribution is 1.98. The fourth-order valence-corrected chi connectivity index (χ4v) is 1.28. The molecule has 94 valence electrons. The molecule has 0 aliphatic rings. The van der Waals surface area contributed by atoms with Crippen LogP contribution in [0.4, 0.5) is 0 Å². The van der Waals surface area contributed by atoms with Crippen molar-refractivity contribution in [1.82, 2.24) is 10.6 Å². The van der Waals surface area contributed by atoms with E-state index in [0.29, 0.717) is 0 Å². The van der Waals surface area contributed by atoms with Crippen LogP contribution in [-0.2, 0) is 9.59 Å². The molecule has 0 heterocycles. The maximum absolute atomic E-state index is 11.2. The lowest BCUT2D eigenvalue weighted by Crippen LogP contribution is -2.28. The molecule has 0 spiro atoms. The number of nitrogens with one attached hydrogen (secondary N) is 2. The Bertz CT molecular complexity index is 215. The van der Waals surface area contributed by atoms with Gasteiger partial charge in [0.05, 0.1) is 0 Å². The van der Waals surface area contributed by atoms with Crippen molar-refractivity contribution in [2.45, 2.75) is 46.5 Å². The van der Waals surface area contributed by atoms with Crippen LogP contribution in [0.2, 0.25) is 0 Å². The van der Waals surface area contributed by atoms with E-state index in [1.54, 1.807) is 0 Å². The van der Waals surface area contributed by atoms with Gasteiger partial charge in [-0.3, -0.25) is 9.59 Å². The van der Waals surface area contributed by atoms with Crippen molar-refractivity contribution in [3.05, 3.63) is 0 Å². The number of carbonyl (C=O) groups excluding carboxylic acids is 2. The van der Waals surface area contributed by atoms with Crippen molar-refractivity contribution < 1.29 is 9.59 Å². The normalized spacial score (nSPS) is 10.2. The average molecular weight is 228 g/mol. The standard InChI is InChI=1S/C12H24N2O2/c1-10(2)12(16)14-9-7-5-4-6-8-13-11(3)15/h10H,4-9H2,1-3H3,(H,13,15)(H,14,16). The lowest BCUT2D eigenvalue weighted by Gasteiger charge is -2.07. The molecule has 16 heavy (non-hydrogen) atoms. The molecule has 0 aromatic rings. The van der Waals surface area contributed by atoms with Crippen LogP contribution in [0.15, 0.2) is 0 Å². The highest BCUT2D eigenvalue weighted by atomic mass is 16.2. The summed E-state index contributed by atoms with van der Waals surface area (Å²) in [6.45, 7) is 6.83. The van der Waals surface area contributed by atoms with Crippen molar-refractivity contribution in [3.8, 4) is 0 Å². The Labute approximate surface area is 98.2 Å². The number of hydrogen-bond donors (Lipinski definition) is 2. The van der Waals surface area contributed by atoms with E-state index in [0.717, 1.165) is 38.8 Å². The topological polar surface area (TPSA) is 58.2 Å². The number of unbranched alkanes of at least 4 members (excludes halogenated alkanes) is 3. The van der Waals surface area contributed by atoms with Crippen LogP contribution in [0.5, 0.6) is 0 Å². The molecule has 0 fully saturated rings. The van der Waals surface area contributed by atoms with E-state index in [1.165, 1.54) is 6.92 Å². The monoisotopic (exact) mass is 228 g/mol. The number of amides is 2. The summed E-state index contributed by atoms with van der Waals surface area (Å²) < 4.78 is 0. The second-order valence-electron chi connectivity index (χ2n) is 4.34. The summed E-state index contributed by atoms with van der Waals surface area (Å²) in [5.74, 6) is 0.224. The summed E-state index contributed by atoms with van der Waals surface area (Å²) in [5.41, 5.74) is 0. The van der Waals surface area contributed by atoms with Crippen molar-refractivity contribution in [3.63, 3.8) is 0 Å². The Morgan fingerprint density at radius 1 is 0.938 bits per heavy atom. The minimum absolute atomic E-state index is 0.0317. The summed E-state index contributed by atoms with van der Waals surface area (Å²) in [6.07, 6.45) is 4.21. The van der Waals surface area contributed by atoms with Gasteiger partial charge in [-0.1, -0.05) is 26.7 Å². The van der Waals surface area contributed by atoms with E-state index in [1.807, 2.05) is 13.8 Å². The van der Waals surface area contributed by atoms with Crippen LogP contribution in [0, 0.1) is 5.92 Å². The average Bonchev–Trinajstić information content (AvgIpc) is 2.21. The van der Waals surface area contributed by atoms with Crippen molar-refractivity contribution >= 4 is 11.8 Å². The van der Waals surface area contributed by atoms with Gasteiger partial charge in [0.2, 0.25) is 11.8 Å². The van der Waals surface area contributed by atoms with E-state index < -0.39 is 0 Å². The maximum atomic E-state index is 11.2. The van der Waals surface area contributed by atoms with Crippen molar-refractivity contribution in [2.75, 3.05) is 13.1 Å². The van der Waals surface area contributed by atoms with Gasteiger partial charge in [-0.05, 0) is 12.8 Å². The van der Waals surface area contributed by atoms with Crippen molar-refractivity contribution in [2.24, 2.45) is 5.92 Å². The number of rotatable bonds is 8. The molecule has 0 atom stereocenters. The molecule has 2 N–H and O–H groups in total. The van der Waals surface area contributed by atoms with Crippen LogP contribution < -0.4 is 10.6 Å². The first-order chi connectivity index (χ1) is 7.54. The number of carbonyl (C=O) groups is 2. The molecule has 4 nitrogen and oxygen atoms in total. The van der Waals surface area contributed by atoms with E-state index in [9.17, 15) is 9.59 Å². The van der Waals surface area contributed by atoms with Gasteiger partial charge in [0.25, 0.3) is 0 Å². The predicted octanol–water partition coefficient (Wildman–Crippen LogP) is 1.46. The predicted molar refractivity (Wildman–Crippen MR) is 65.0 cm³/mol. The van der Waals surface area contributed by atoms with Crippen LogP contribution in [0.25, 0.3) is 0 Å². The number of hydrogen-bond acceptors (Lipinski definition) is 2. The van der Waals surface area contributed by atoms with Gasteiger partial charge in [-0.2, -0.15) is 0 Å². The van der Waals surface area contributed by atoms with Crippen LogP contribution >= 0.6 is 0 Å². The van der Waals surface area contributed by atoms with Gasteiger partial charge in [-0.15, -0.1) is 0 Å².